The average molecular weight is 335 g/mol. The fraction of sp³-hybridized carbons (Fsp3) is 0.444. The van der Waals surface area contributed by atoms with Crippen molar-refractivity contribution in [3.8, 4) is 5.75 Å². The molecule has 23 heavy (non-hydrogen) atoms. The minimum absolute atomic E-state index is 0.0701. The largest absolute Gasteiger partial charge is 0.483 e. The molecule has 0 aliphatic carbocycles. The van der Waals surface area contributed by atoms with Crippen molar-refractivity contribution in [3.63, 3.8) is 0 Å². The maximum Gasteiger partial charge on any atom is 0.141 e. The first-order chi connectivity index (χ1) is 11.1. The summed E-state index contributed by atoms with van der Waals surface area (Å²) in [5, 5.41) is 0.707. The second-order valence-corrected chi connectivity index (χ2v) is 6.99. The molecule has 0 bridgehead atoms. The van der Waals surface area contributed by atoms with Crippen molar-refractivity contribution in [2.24, 2.45) is 5.92 Å². The van der Waals surface area contributed by atoms with E-state index in [0.29, 0.717) is 23.4 Å². The van der Waals surface area contributed by atoms with Crippen molar-refractivity contribution in [1.29, 1.82) is 0 Å². The predicted octanol–water partition coefficient (Wildman–Crippen LogP) is 4.10. The normalized spacial score (nSPS) is 22.1. The molecule has 5 heteroatoms. The Kier molecular flexibility index (Phi) is 3.82. The lowest BCUT2D eigenvalue weighted by atomic mass is 9.89. The van der Waals surface area contributed by atoms with Gasteiger partial charge in [-0.05, 0) is 51.2 Å². The second-order valence-electron chi connectivity index (χ2n) is 6.60. The average Bonchev–Trinajstić information content (AvgIpc) is 2.80. The van der Waals surface area contributed by atoms with Gasteiger partial charge < -0.3 is 14.2 Å². The molecule has 1 unspecified atom stereocenters. The second kappa shape index (κ2) is 5.84. The van der Waals surface area contributed by atoms with Crippen LogP contribution in [0.5, 0.6) is 5.75 Å². The Bertz CT molecular complexity index is 722. The van der Waals surface area contributed by atoms with Gasteiger partial charge in [0.15, 0.2) is 0 Å². The highest BCUT2D eigenvalue weighted by Gasteiger charge is 2.33. The molecule has 122 valence electrons. The van der Waals surface area contributed by atoms with E-state index in [4.69, 9.17) is 16.3 Å². The molecule has 4 rings (SSSR count). The molecule has 0 saturated carbocycles. The van der Waals surface area contributed by atoms with Gasteiger partial charge >= 0.3 is 0 Å². The summed E-state index contributed by atoms with van der Waals surface area (Å²) in [6.07, 6.45) is 2.09. The molecule has 1 aromatic carbocycles. The van der Waals surface area contributed by atoms with Crippen LogP contribution in [0.2, 0.25) is 5.15 Å². The summed E-state index contributed by atoms with van der Waals surface area (Å²) in [7, 11) is 2.15. The third-order valence-corrected chi connectivity index (χ3v) is 5.39. The van der Waals surface area contributed by atoms with Crippen LogP contribution in [0.4, 0.5) is 4.39 Å². The molecule has 3 nitrogen and oxygen atoms in total. The fourth-order valence-electron chi connectivity index (χ4n) is 3.68. The Hall–Kier alpha value is -1.52. The lowest BCUT2D eigenvalue weighted by Crippen LogP contribution is -2.34. The van der Waals surface area contributed by atoms with E-state index in [-0.39, 0.29) is 11.9 Å². The summed E-state index contributed by atoms with van der Waals surface area (Å²) in [6.45, 7) is 2.75. The van der Waals surface area contributed by atoms with E-state index in [1.54, 1.807) is 6.07 Å². The number of nitrogens with zero attached hydrogens (tertiary/aromatic N) is 2. The number of piperidine rings is 1. The summed E-state index contributed by atoms with van der Waals surface area (Å²) < 4.78 is 22.1. The van der Waals surface area contributed by atoms with Crippen LogP contribution in [0, 0.1) is 11.7 Å². The number of hydrogen-bond acceptors (Lipinski definition) is 2. The van der Waals surface area contributed by atoms with Crippen LogP contribution in [-0.2, 0) is 6.54 Å². The van der Waals surface area contributed by atoms with Gasteiger partial charge in [-0.15, -0.1) is 0 Å². The molecule has 2 aliphatic rings. The monoisotopic (exact) mass is 334 g/mol. The summed E-state index contributed by atoms with van der Waals surface area (Å²) in [4.78, 5) is 2.34. The third kappa shape index (κ3) is 2.74. The number of rotatable bonds is 1. The Labute approximate surface area is 140 Å². The molecule has 3 heterocycles. The SMILES string of the molecule is CN1CCC(C2Oc3cc(F)ccc3Cn3c(Cl)ccc32)CC1. The first kappa shape index (κ1) is 15.0. The quantitative estimate of drug-likeness (QED) is 0.781. The molecular formula is C18H20ClFN2O. The lowest BCUT2D eigenvalue weighted by Gasteiger charge is -2.34. The van der Waals surface area contributed by atoms with E-state index in [1.165, 1.54) is 12.1 Å². The Balaban J connectivity index is 1.75. The zero-order chi connectivity index (χ0) is 16.0. The number of ether oxygens (including phenoxy) is 1. The highest BCUT2D eigenvalue weighted by atomic mass is 35.5. The molecular weight excluding hydrogens is 315 g/mol. The van der Waals surface area contributed by atoms with E-state index in [1.807, 2.05) is 12.1 Å². The summed E-state index contributed by atoms with van der Waals surface area (Å²) in [6, 6.07) is 8.75. The van der Waals surface area contributed by atoms with Crippen LogP contribution >= 0.6 is 11.6 Å². The fourth-order valence-corrected chi connectivity index (χ4v) is 3.90. The minimum Gasteiger partial charge on any atom is -0.483 e. The molecule has 0 amide bonds. The van der Waals surface area contributed by atoms with Crippen molar-refractivity contribution in [2.75, 3.05) is 20.1 Å². The van der Waals surface area contributed by atoms with Crippen LogP contribution in [0.25, 0.3) is 0 Å². The van der Waals surface area contributed by atoms with Crippen molar-refractivity contribution < 1.29 is 9.13 Å². The molecule has 2 aliphatic heterocycles. The van der Waals surface area contributed by atoms with Gasteiger partial charge in [0, 0.05) is 17.5 Å². The van der Waals surface area contributed by atoms with E-state index in [0.717, 1.165) is 37.2 Å². The minimum atomic E-state index is -0.261. The first-order valence-electron chi connectivity index (χ1n) is 8.10. The van der Waals surface area contributed by atoms with Gasteiger partial charge in [-0.2, -0.15) is 0 Å². The van der Waals surface area contributed by atoms with Crippen LogP contribution in [0.3, 0.4) is 0 Å². The highest BCUT2D eigenvalue weighted by molar-refractivity contribution is 6.29. The number of halogens is 2. The number of hydrogen-bond donors (Lipinski definition) is 0. The van der Waals surface area contributed by atoms with Gasteiger partial charge in [0.2, 0.25) is 0 Å². The van der Waals surface area contributed by atoms with Crippen molar-refractivity contribution >= 4 is 11.6 Å². The number of benzene rings is 1. The molecule has 1 atom stereocenters. The van der Waals surface area contributed by atoms with Gasteiger partial charge in [0.25, 0.3) is 0 Å². The topological polar surface area (TPSA) is 17.4 Å². The summed E-state index contributed by atoms with van der Waals surface area (Å²) in [5.74, 6) is 0.808. The first-order valence-corrected chi connectivity index (χ1v) is 8.48. The number of fused-ring (bicyclic) bond motifs is 2. The van der Waals surface area contributed by atoms with E-state index >= 15 is 0 Å². The van der Waals surface area contributed by atoms with Crippen LogP contribution in [0.15, 0.2) is 30.3 Å². The van der Waals surface area contributed by atoms with Gasteiger partial charge in [0.05, 0.1) is 12.2 Å². The van der Waals surface area contributed by atoms with Gasteiger partial charge in [-0.1, -0.05) is 17.7 Å². The maximum absolute atomic E-state index is 13.7. The molecule has 1 saturated heterocycles. The van der Waals surface area contributed by atoms with E-state index in [9.17, 15) is 4.39 Å². The van der Waals surface area contributed by atoms with Gasteiger partial charge in [0.1, 0.15) is 22.8 Å². The molecule has 2 aromatic rings. The van der Waals surface area contributed by atoms with Gasteiger partial charge in [-0.3, -0.25) is 0 Å². The zero-order valence-electron chi connectivity index (χ0n) is 13.1. The van der Waals surface area contributed by atoms with Crippen LogP contribution in [-0.4, -0.2) is 29.6 Å². The molecule has 0 spiro atoms. The van der Waals surface area contributed by atoms with E-state index < -0.39 is 0 Å². The smallest absolute Gasteiger partial charge is 0.141 e. The predicted molar refractivity (Wildman–Crippen MR) is 88.5 cm³/mol. The summed E-state index contributed by atoms with van der Waals surface area (Å²) in [5.41, 5.74) is 2.07. The van der Waals surface area contributed by atoms with Crippen molar-refractivity contribution in [3.05, 3.63) is 52.6 Å². The standard InChI is InChI=1S/C18H20ClFN2O/c1-21-8-6-12(7-9-21)18-15-4-5-17(19)22(15)11-13-2-3-14(20)10-16(13)23-18/h2-5,10,12,18H,6-9,11H2,1H3. The third-order valence-electron chi connectivity index (χ3n) is 5.06. The van der Waals surface area contributed by atoms with Crippen LogP contribution < -0.4 is 4.74 Å². The maximum atomic E-state index is 13.7. The molecule has 0 radical (unpaired) electrons. The molecule has 0 N–H and O–H groups in total. The number of aromatic nitrogens is 1. The van der Waals surface area contributed by atoms with E-state index in [2.05, 4.69) is 16.5 Å². The highest BCUT2D eigenvalue weighted by Crippen LogP contribution is 2.40. The Morgan fingerprint density at radius 3 is 2.74 bits per heavy atom. The van der Waals surface area contributed by atoms with Gasteiger partial charge in [-0.25, -0.2) is 4.39 Å². The molecule has 1 fully saturated rings. The summed E-state index contributed by atoms with van der Waals surface area (Å²) >= 11 is 6.38. The van der Waals surface area contributed by atoms with Crippen molar-refractivity contribution in [2.45, 2.75) is 25.5 Å². The van der Waals surface area contributed by atoms with Crippen LogP contribution in [0.1, 0.15) is 30.2 Å². The zero-order valence-corrected chi connectivity index (χ0v) is 13.9. The molecule has 1 aromatic heterocycles. The Morgan fingerprint density at radius 1 is 1.17 bits per heavy atom. The number of likely N-dealkylation sites (tertiary alicyclic amines) is 1. The van der Waals surface area contributed by atoms with Crippen molar-refractivity contribution in [1.82, 2.24) is 9.47 Å². The lowest BCUT2D eigenvalue weighted by molar-refractivity contribution is 0.0820. The Morgan fingerprint density at radius 2 is 1.96 bits per heavy atom.